The quantitative estimate of drug-likeness (QED) is 0.848. The minimum Gasteiger partial charge on any atom is -0.472 e. The van der Waals surface area contributed by atoms with Crippen molar-refractivity contribution in [1.29, 1.82) is 0 Å². The topological polar surface area (TPSA) is 25.2 Å². The van der Waals surface area contributed by atoms with Crippen molar-refractivity contribution >= 4 is 0 Å². The van der Waals surface area contributed by atoms with Gasteiger partial charge in [-0.25, -0.2) is 0 Å². The molecule has 0 radical (unpaired) electrons. The largest absolute Gasteiger partial charge is 0.472 e. The number of benzene rings is 1. The van der Waals surface area contributed by atoms with Gasteiger partial charge in [0.2, 0.25) is 0 Å². The van der Waals surface area contributed by atoms with Crippen molar-refractivity contribution in [2.75, 3.05) is 0 Å². The minimum absolute atomic E-state index is 0.326. The molecule has 0 saturated carbocycles. The van der Waals surface area contributed by atoms with E-state index in [2.05, 4.69) is 49.5 Å². The number of nitrogens with one attached hydrogen (secondary N) is 1. The van der Waals surface area contributed by atoms with E-state index >= 15 is 0 Å². The van der Waals surface area contributed by atoms with Gasteiger partial charge in [-0.05, 0) is 31.9 Å². The fourth-order valence-corrected chi connectivity index (χ4v) is 2.07. The van der Waals surface area contributed by atoms with E-state index in [1.165, 1.54) is 11.1 Å². The van der Waals surface area contributed by atoms with Crippen LogP contribution in [0.4, 0.5) is 0 Å². The SMILES string of the molecule is CC(Cc1ccccc1)NC(C)c1ccoc1. The Morgan fingerprint density at radius 2 is 1.88 bits per heavy atom. The molecule has 1 N–H and O–H groups in total. The van der Waals surface area contributed by atoms with Crippen LogP contribution in [-0.4, -0.2) is 6.04 Å². The normalized spacial score (nSPS) is 14.5. The van der Waals surface area contributed by atoms with Crippen LogP contribution in [0.1, 0.15) is 31.0 Å². The standard InChI is InChI=1S/C15H19NO/c1-12(10-14-6-4-3-5-7-14)16-13(2)15-8-9-17-11-15/h3-9,11-13,16H,10H2,1-2H3. The Balaban J connectivity index is 1.87. The molecule has 0 aliphatic rings. The summed E-state index contributed by atoms with van der Waals surface area (Å²) in [5.41, 5.74) is 2.57. The van der Waals surface area contributed by atoms with Gasteiger partial charge in [0.15, 0.2) is 0 Å². The molecule has 2 rings (SSSR count). The Morgan fingerprint density at radius 1 is 1.12 bits per heavy atom. The summed E-state index contributed by atoms with van der Waals surface area (Å²) >= 11 is 0. The lowest BCUT2D eigenvalue weighted by atomic mass is 10.1. The van der Waals surface area contributed by atoms with Gasteiger partial charge >= 0.3 is 0 Å². The predicted molar refractivity (Wildman–Crippen MR) is 69.9 cm³/mol. The molecule has 17 heavy (non-hydrogen) atoms. The van der Waals surface area contributed by atoms with Crippen molar-refractivity contribution in [2.24, 2.45) is 0 Å². The van der Waals surface area contributed by atoms with Crippen LogP contribution in [0.3, 0.4) is 0 Å². The van der Waals surface area contributed by atoms with Crippen LogP contribution < -0.4 is 5.32 Å². The molecule has 2 heteroatoms. The molecule has 0 saturated heterocycles. The molecule has 0 bridgehead atoms. The second-order valence-corrected chi connectivity index (χ2v) is 4.54. The van der Waals surface area contributed by atoms with Crippen molar-refractivity contribution < 1.29 is 4.42 Å². The maximum absolute atomic E-state index is 5.10. The Hall–Kier alpha value is -1.54. The van der Waals surface area contributed by atoms with Gasteiger partial charge in [0.1, 0.15) is 0 Å². The van der Waals surface area contributed by atoms with Crippen molar-refractivity contribution in [3.8, 4) is 0 Å². The highest BCUT2D eigenvalue weighted by Crippen LogP contribution is 2.14. The number of hydrogen-bond acceptors (Lipinski definition) is 2. The summed E-state index contributed by atoms with van der Waals surface area (Å²) in [6.07, 6.45) is 4.56. The number of furan rings is 1. The van der Waals surface area contributed by atoms with E-state index in [0.29, 0.717) is 12.1 Å². The van der Waals surface area contributed by atoms with E-state index in [4.69, 9.17) is 4.42 Å². The van der Waals surface area contributed by atoms with Gasteiger partial charge in [0.25, 0.3) is 0 Å². The van der Waals surface area contributed by atoms with Crippen LogP contribution in [0.2, 0.25) is 0 Å². The van der Waals surface area contributed by atoms with E-state index in [0.717, 1.165) is 6.42 Å². The Labute approximate surface area is 103 Å². The average molecular weight is 229 g/mol. The first-order valence-electron chi connectivity index (χ1n) is 6.08. The lowest BCUT2D eigenvalue weighted by Gasteiger charge is -2.19. The summed E-state index contributed by atoms with van der Waals surface area (Å²) in [6.45, 7) is 4.37. The third-order valence-corrected chi connectivity index (χ3v) is 2.96. The van der Waals surface area contributed by atoms with Crippen molar-refractivity contribution in [3.63, 3.8) is 0 Å². The molecular weight excluding hydrogens is 210 g/mol. The van der Waals surface area contributed by atoms with Crippen molar-refractivity contribution in [1.82, 2.24) is 5.32 Å². The summed E-state index contributed by atoms with van der Waals surface area (Å²) in [6, 6.07) is 13.3. The highest BCUT2D eigenvalue weighted by atomic mass is 16.3. The Morgan fingerprint density at radius 3 is 2.53 bits per heavy atom. The van der Waals surface area contributed by atoms with Gasteiger partial charge in [0.05, 0.1) is 12.5 Å². The molecule has 1 heterocycles. The van der Waals surface area contributed by atoms with Gasteiger partial charge in [-0.3, -0.25) is 0 Å². The van der Waals surface area contributed by atoms with E-state index in [1.54, 1.807) is 12.5 Å². The van der Waals surface area contributed by atoms with Gasteiger partial charge in [-0.1, -0.05) is 30.3 Å². The predicted octanol–water partition coefficient (Wildman–Crippen LogP) is 3.56. The zero-order valence-corrected chi connectivity index (χ0v) is 10.4. The lowest BCUT2D eigenvalue weighted by Crippen LogP contribution is -2.30. The molecule has 0 aliphatic carbocycles. The maximum atomic E-state index is 5.10. The molecule has 0 fully saturated rings. The first-order valence-corrected chi connectivity index (χ1v) is 6.08. The second-order valence-electron chi connectivity index (χ2n) is 4.54. The third-order valence-electron chi connectivity index (χ3n) is 2.96. The Bertz CT molecular complexity index is 421. The van der Waals surface area contributed by atoms with E-state index in [9.17, 15) is 0 Å². The van der Waals surface area contributed by atoms with E-state index < -0.39 is 0 Å². The number of hydrogen-bond donors (Lipinski definition) is 1. The van der Waals surface area contributed by atoms with Crippen LogP contribution in [0.25, 0.3) is 0 Å². The van der Waals surface area contributed by atoms with E-state index in [1.807, 2.05) is 6.07 Å². The smallest absolute Gasteiger partial charge is 0.0950 e. The van der Waals surface area contributed by atoms with E-state index in [-0.39, 0.29) is 0 Å². The molecule has 2 unspecified atom stereocenters. The third kappa shape index (κ3) is 3.46. The highest BCUT2D eigenvalue weighted by Gasteiger charge is 2.10. The van der Waals surface area contributed by atoms with Crippen molar-refractivity contribution in [3.05, 3.63) is 60.1 Å². The van der Waals surface area contributed by atoms with Gasteiger partial charge in [0, 0.05) is 17.6 Å². The van der Waals surface area contributed by atoms with Crippen LogP contribution in [-0.2, 0) is 6.42 Å². The van der Waals surface area contributed by atoms with Gasteiger partial charge < -0.3 is 9.73 Å². The molecule has 2 aromatic rings. The maximum Gasteiger partial charge on any atom is 0.0950 e. The fraction of sp³-hybridized carbons (Fsp3) is 0.333. The summed E-state index contributed by atoms with van der Waals surface area (Å²) in [4.78, 5) is 0. The molecule has 1 aromatic carbocycles. The fourth-order valence-electron chi connectivity index (χ4n) is 2.07. The molecule has 2 atom stereocenters. The van der Waals surface area contributed by atoms with Crippen molar-refractivity contribution in [2.45, 2.75) is 32.4 Å². The zero-order valence-electron chi connectivity index (χ0n) is 10.4. The summed E-state index contributed by atoms with van der Waals surface area (Å²) in [5, 5.41) is 3.57. The van der Waals surface area contributed by atoms with Crippen LogP contribution >= 0.6 is 0 Å². The van der Waals surface area contributed by atoms with Crippen LogP contribution in [0, 0.1) is 0 Å². The Kier molecular flexibility index (Phi) is 3.99. The van der Waals surface area contributed by atoms with Gasteiger partial charge in [-0.2, -0.15) is 0 Å². The first-order chi connectivity index (χ1) is 8.25. The summed E-state index contributed by atoms with van der Waals surface area (Å²) in [7, 11) is 0. The molecule has 90 valence electrons. The molecule has 1 aromatic heterocycles. The number of rotatable bonds is 5. The van der Waals surface area contributed by atoms with Gasteiger partial charge in [-0.15, -0.1) is 0 Å². The monoisotopic (exact) mass is 229 g/mol. The molecule has 0 spiro atoms. The molecular formula is C15H19NO. The zero-order chi connectivity index (χ0) is 12.1. The average Bonchev–Trinajstić information content (AvgIpc) is 2.83. The second kappa shape index (κ2) is 5.69. The molecule has 0 amide bonds. The summed E-state index contributed by atoms with van der Waals surface area (Å²) in [5.74, 6) is 0. The minimum atomic E-state index is 0.326. The van der Waals surface area contributed by atoms with Crippen LogP contribution in [0.5, 0.6) is 0 Å². The summed E-state index contributed by atoms with van der Waals surface area (Å²) < 4.78 is 5.10. The molecule has 2 nitrogen and oxygen atoms in total. The van der Waals surface area contributed by atoms with Crippen LogP contribution in [0.15, 0.2) is 53.3 Å². The lowest BCUT2D eigenvalue weighted by molar-refractivity contribution is 0.471. The highest BCUT2D eigenvalue weighted by molar-refractivity contribution is 5.16. The first kappa shape index (κ1) is 11.9. The molecule has 0 aliphatic heterocycles.